The van der Waals surface area contributed by atoms with Crippen LogP contribution in [0.1, 0.15) is 0 Å². The van der Waals surface area contributed by atoms with E-state index in [9.17, 15) is 26.0 Å². The molecular weight excluding hydrogens is 537 g/mol. The number of carbonyl (C=O) groups excluding carboxylic acids is 1. The lowest BCUT2D eigenvalue weighted by Crippen LogP contribution is -2.37. The van der Waals surface area contributed by atoms with Gasteiger partial charge in [-0.2, -0.15) is 0 Å². The number of para-hydroxylation sites is 1. The molecule has 0 unspecified atom stereocenters. The van der Waals surface area contributed by atoms with Gasteiger partial charge in [0, 0.05) is 15.8 Å². The summed E-state index contributed by atoms with van der Waals surface area (Å²) in [5.74, 6) is -1.11. The van der Waals surface area contributed by atoms with Crippen LogP contribution in [0.3, 0.4) is 0 Å². The van der Waals surface area contributed by atoms with E-state index in [0.29, 0.717) is 10.2 Å². The summed E-state index contributed by atoms with van der Waals surface area (Å²) in [5.41, 5.74) is 0.784. The highest BCUT2D eigenvalue weighted by Crippen LogP contribution is 2.27. The molecule has 2 N–H and O–H groups in total. The zero-order valence-electron chi connectivity index (χ0n) is 17.2. The lowest BCUT2D eigenvalue weighted by molar-refractivity contribution is -0.114. The number of rotatable bonds is 8. The molecule has 174 valence electrons. The molecule has 3 aromatic rings. The zero-order valence-corrected chi connectivity index (χ0v) is 20.4. The van der Waals surface area contributed by atoms with Gasteiger partial charge in [0.1, 0.15) is 12.4 Å². The van der Waals surface area contributed by atoms with Crippen molar-refractivity contribution in [1.29, 1.82) is 0 Å². The highest BCUT2D eigenvalue weighted by atomic mass is 79.9. The lowest BCUT2D eigenvalue weighted by Gasteiger charge is -2.23. The van der Waals surface area contributed by atoms with E-state index in [-0.39, 0.29) is 16.3 Å². The van der Waals surface area contributed by atoms with Crippen molar-refractivity contribution in [2.75, 3.05) is 27.1 Å². The van der Waals surface area contributed by atoms with Gasteiger partial charge in [-0.15, -0.1) is 0 Å². The average Bonchev–Trinajstić information content (AvgIpc) is 2.74. The highest BCUT2D eigenvalue weighted by Gasteiger charge is 2.23. The van der Waals surface area contributed by atoms with Crippen LogP contribution >= 0.6 is 15.9 Å². The van der Waals surface area contributed by atoms with E-state index in [1.807, 2.05) is 0 Å². The molecule has 0 aliphatic heterocycles. The van der Waals surface area contributed by atoms with E-state index in [1.165, 1.54) is 36.4 Å². The summed E-state index contributed by atoms with van der Waals surface area (Å²) in [7, 11) is -7.68. The van der Waals surface area contributed by atoms with Gasteiger partial charge in [0.25, 0.3) is 10.0 Å². The molecule has 0 bridgehead atoms. The van der Waals surface area contributed by atoms with Crippen molar-refractivity contribution in [3.05, 3.63) is 83.1 Å². The molecular formula is C21H19BrFN3O5S2. The highest BCUT2D eigenvalue weighted by molar-refractivity contribution is 9.10. The van der Waals surface area contributed by atoms with Gasteiger partial charge in [-0.3, -0.25) is 13.8 Å². The summed E-state index contributed by atoms with van der Waals surface area (Å²) < 4.78 is 66.2. The van der Waals surface area contributed by atoms with Crippen molar-refractivity contribution in [1.82, 2.24) is 0 Å². The number of benzene rings is 3. The van der Waals surface area contributed by atoms with Crippen LogP contribution in [0, 0.1) is 5.82 Å². The van der Waals surface area contributed by atoms with E-state index >= 15 is 0 Å². The van der Waals surface area contributed by atoms with E-state index in [1.54, 1.807) is 24.3 Å². The van der Waals surface area contributed by atoms with Gasteiger partial charge in [0.2, 0.25) is 15.9 Å². The first-order chi connectivity index (χ1) is 15.5. The van der Waals surface area contributed by atoms with Crippen LogP contribution < -0.4 is 14.3 Å². The van der Waals surface area contributed by atoms with E-state index in [0.717, 1.165) is 22.7 Å². The smallest absolute Gasteiger partial charge is 0.261 e. The van der Waals surface area contributed by atoms with Crippen molar-refractivity contribution in [2.24, 2.45) is 0 Å². The summed E-state index contributed by atoms with van der Waals surface area (Å²) in [4.78, 5) is 12.4. The normalized spacial score (nSPS) is 11.6. The fourth-order valence-electron chi connectivity index (χ4n) is 2.82. The standard InChI is InChI=1S/C21H19BrFN3O5S2/c1-32(28,29)26(20-5-3-2-4-19(20)22)14-21(27)24-16-10-12-18(13-11-16)33(30,31)25-17-8-6-15(23)7-9-17/h2-13,25H,14H2,1H3,(H,24,27). The van der Waals surface area contributed by atoms with Gasteiger partial charge >= 0.3 is 0 Å². The molecule has 0 heterocycles. The third-order valence-corrected chi connectivity index (χ3v) is 7.55. The van der Waals surface area contributed by atoms with Crippen LogP contribution in [0.25, 0.3) is 0 Å². The molecule has 1 amide bonds. The molecule has 3 rings (SSSR count). The van der Waals surface area contributed by atoms with Crippen LogP contribution in [0.4, 0.5) is 21.5 Å². The van der Waals surface area contributed by atoms with Crippen molar-refractivity contribution in [2.45, 2.75) is 4.90 Å². The minimum atomic E-state index is -3.93. The molecule has 0 saturated heterocycles. The maximum absolute atomic E-state index is 13.0. The van der Waals surface area contributed by atoms with Gasteiger partial charge in [0.15, 0.2) is 0 Å². The number of hydrogen-bond acceptors (Lipinski definition) is 5. The Labute approximate surface area is 199 Å². The second kappa shape index (κ2) is 9.89. The van der Waals surface area contributed by atoms with E-state index in [4.69, 9.17) is 0 Å². The van der Waals surface area contributed by atoms with Crippen LogP contribution in [-0.4, -0.2) is 35.5 Å². The largest absolute Gasteiger partial charge is 0.325 e. The quantitative estimate of drug-likeness (QED) is 0.439. The topological polar surface area (TPSA) is 113 Å². The SMILES string of the molecule is CS(=O)(=O)N(CC(=O)Nc1ccc(S(=O)(=O)Nc2ccc(F)cc2)cc1)c1ccccc1Br. The lowest BCUT2D eigenvalue weighted by atomic mass is 10.3. The maximum Gasteiger partial charge on any atom is 0.261 e. The van der Waals surface area contributed by atoms with Crippen LogP contribution in [0.15, 0.2) is 82.2 Å². The van der Waals surface area contributed by atoms with Crippen molar-refractivity contribution >= 4 is 58.9 Å². The predicted molar refractivity (Wildman–Crippen MR) is 129 cm³/mol. The summed E-state index contributed by atoms with van der Waals surface area (Å²) in [6.07, 6.45) is 0.994. The first kappa shape index (κ1) is 24.7. The van der Waals surface area contributed by atoms with E-state index < -0.39 is 38.3 Å². The number of hydrogen-bond donors (Lipinski definition) is 2. The fourth-order valence-corrected chi connectivity index (χ4v) is 5.36. The molecule has 0 saturated carbocycles. The monoisotopic (exact) mass is 555 g/mol. The Balaban J connectivity index is 1.71. The molecule has 0 spiro atoms. The summed E-state index contributed by atoms with van der Waals surface area (Å²) in [5, 5.41) is 2.55. The van der Waals surface area contributed by atoms with Crippen molar-refractivity contribution in [3.63, 3.8) is 0 Å². The van der Waals surface area contributed by atoms with Gasteiger partial charge in [-0.1, -0.05) is 12.1 Å². The Hall–Kier alpha value is -2.96. The van der Waals surface area contributed by atoms with Crippen molar-refractivity contribution < 1.29 is 26.0 Å². The Morgan fingerprint density at radius 1 is 0.909 bits per heavy atom. The van der Waals surface area contributed by atoms with Gasteiger partial charge in [-0.05, 0) is 76.6 Å². The first-order valence-electron chi connectivity index (χ1n) is 9.36. The summed E-state index contributed by atoms with van der Waals surface area (Å²) in [6, 6.07) is 16.7. The molecule has 12 heteroatoms. The molecule has 33 heavy (non-hydrogen) atoms. The Kier molecular flexibility index (Phi) is 7.40. The van der Waals surface area contributed by atoms with Crippen LogP contribution in [0.2, 0.25) is 0 Å². The molecule has 0 atom stereocenters. The first-order valence-corrected chi connectivity index (χ1v) is 13.5. The summed E-state index contributed by atoms with van der Waals surface area (Å²) >= 11 is 3.28. The Morgan fingerprint density at radius 2 is 1.48 bits per heavy atom. The molecule has 3 aromatic carbocycles. The Morgan fingerprint density at radius 3 is 2.06 bits per heavy atom. The predicted octanol–water partition coefficient (Wildman–Crippen LogP) is 3.79. The van der Waals surface area contributed by atoms with Crippen LogP contribution in [-0.2, 0) is 24.8 Å². The third-order valence-electron chi connectivity index (χ3n) is 4.35. The molecule has 0 fully saturated rings. The molecule has 0 aliphatic rings. The Bertz CT molecular complexity index is 1360. The molecule has 0 aromatic heterocycles. The average molecular weight is 556 g/mol. The van der Waals surface area contributed by atoms with Gasteiger partial charge in [-0.25, -0.2) is 21.2 Å². The molecule has 0 aliphatic carbocycles. The number of anilines is 3. The minimum absolute atomic E-state index is 0.0733. The van der Waals surface area contributed by atoms with Crippen molar-refractivity contribution in [3.8, 4) is 0 Å². The summed E-state index contributed by atoms with van der Waals surface area (Å²) in [6.45, 7) is -0.479. The zero-order chi connectivity index (χ0) is 24.2. The maximum atomic E-state index is 13.0. The fraction of sp³-hybridized carbons (Fsp3) is 0.0952. The third kappa shape index (κ3) is 6.53. The van der Waals surface area contributed by atoms with E-state index in [2.05, 4.69) is 26.0 Å². The number of halogens is 2. The number of sulfonamides is 2. The minimum Gasteiger partial charge on any atom is -0.325 e. The number of carbonyl (C=O) groups is 1. The second-order valence-electron chi connectivity index (χ2n) is 6.91. The number of nitrogens with zero attached hydrogens (tertiary/aromatic N) is 1. The molecule has 8 nitrogen and oxygen atoms in total. The van der Waals surface area contributed by atoms with Gasteiger partial charge < -0.3 is 5.32 Å². The molecule has 0 radical (unpaired) electrons. The number of amides is 1. The van der Waals surface area contributed by atoms with Gasteiger partial charge in [0.05, 0.1) is 16.8 Å². The van der Waals surface area contributed by atoms with Crippen LogP contribution in [0.5, 0.6) is 0 Å². The number of nitrogens with one attached hydrogen (secondary N) is 2. The second-order valence-corrected chi connectivity index (χ2v) is 11.3.